The van der Waals surface area contributed by atoms with Crippen molar-refractivity contribution in [3.05, 3.63) is 36.2 Å². The lowest BCUT2D eigenvalue weighted by Crippen LogP contribution is -2.40. The third-order valence-electron chi connectivity index (χ3n) is 3.85. The molecule has 0 saturated carbocycles. The van der Waals surface area contributed by atoms with Crippen molar-refractivity contribution in [3.63, 3.8) is 0 Å². The van der Waals surface area contributed by atoms with Gasteiger partial charge in [0, 0.05) is 24.7 Å². The van der Waals surface area contributed by atoms with Gasteiger partial charge in [-0.2, -0.15) is 4.98 Å². The van der Waals surface area contributed by atoms with Gasteiger partial charge in [0.05, 0.1) is 6.54 Å². The van der Waals surface area contributed by atoms with E-state index in [1.165, 1.54) is 12.8 Å². The molecule has 1 fully saturated rings. The van der Waals surface area contributed by atoms with Crippen molar-refractivity contribution < 1.29 is 4.52 Å². The molecular weight excluding hydrogens is 252 g/mol. The van der Waals surface area contributed by atoms with Gasteiger partial charge in [0.15, 0.2) is 5.82 Å². The number of likely N-dealkylation sites (tertiary alicyclic amines) is 1. The third kappa shape index (κ3) is 3.05. The average molecular weight is 272 g/mol. The average Bonchev–Trinajstić information content (AvgIpc) is 2.97. The van der Waals surface area contributed by atoms with E-state index in [9.17, 15) is 0 Å². The minimum absolute atomic E-state index is 0.603. The molecule has 1 aromatic carbocycles. The first-order valence-corrected chi connectivity index (χ1v) is 7.13. The molecule has 1 N–H and O–H groups in total. The maximum atomic E-state index is 5.33. The number of hydrogen-bond donors (Lipinski definition) is 1. The molecule has 1 aliphatic heterocycles. The molecule has 0 aliphatic carbocycles. The van der Waals surface area contributed by atoms with E-state index in [1.807, 2.05) is 37.4 Å². The Balaban J connectivity index is 1.61. The SMILES string of the molecule is CNC1CCN(Cc2noc(-c3ccccc3)n2)CC1. The Hall–Kier alpha value is -1.72. The molecule has 0 unspecified atom stereocenters. The molecule has 3 rings (SSSR count). The van der Waals surface area contributed by atoms with Crippen LogP contribution in [0.4, 0.5) is 0 Å². The summed E-state index contributed by atoms with van der Waals surface area (Å²) in [5.41, 5.74) is 0.972. The fraction of sp³-hybridized carbons (Fsp3) is 0.467. The summed E-state index contributed by atoms with van der Waals surface area (Å²) in [6.07, 6.45) is 2.36. The van der Waals surface area contributed by atoms with Gasteiger partial charge in [0.25, 0.3) is 5.89 Å². The number of nitrogens with one attached hydrogen (secondary N) is 1. The molecule has 0 amide bonds. The van der Waals surface area contributed by atoms with Gasteiger partial charge in [-0.3, -0.25) is 4.90 Å². The summed E-state index contributed by atoms with van der Waals surface area (Å²) in [5.74, 6) is 1.37. The highest BCUT2D eigenvalue weighted by atomic mass is 16.5. The molecule has 2 heterocycles. The van der Waals surface area contributed by atoms with Crippen LogP contribution in [0.1, 0.15) is 18.7 Å². The smallest absolute Gasteiger partial charge is 0.257 e. The van der Waals surface area contributed by atoms with Crippen LogP contribution < -0.4 is 5.32 Å². The number of nitrogens with zero attached hydrogens (tertiary/aromatic N) is 3. The van der Waals surface area contributed by atoms with Gasteiger partial charge in [-0.25, -0.2) is 0 Å². The molecule has 2 aromatic rings. The number of rotatable bonds is 4. The molecule has 0 bridgehead atoms. The van der Waals surface area contributed by atoms with Gasteiger partial charge < -0.3 is 9.84 Å². The number of benzene rings is 1. The summed E-state index contributed by atoms with van der Waals surface area (Å²) in [7, 11) is 2.03. The van der Waals surface area contributed by atoms with Crippen LogP contribution in [0.15, 0.2) is 34.9 Å². The van der Waals surface area contributed by atoms with E-state index in [4.69, 9.17) is 4.52 Å². The van der Waals surface area contributed by atoms with Gasteiger partial charge in [0.2, 0.25) is 0 Å². The highest BCUT2D eigenvalue weighted by molar-refractivity contribution is 5.51. The Kier molecular flexibility index (Phi) is 4.08. The minimum Gasteiger partial charge on any atom is -0.334 e. The van der Waals surface area contributed by atoms with E-state index in [-0.39, 0.29) is 0 Å². The molecule has 20 heavy (non-hydrogen) atoms. The van der Waals surface area contributed by atoms with Gasteiger partial charge >= 0.3 is 0 Å². The second-order valence-electron chi connectivity index (χ2n) is 5.22. The van der Waals surface area contributed by atoms with Crippen molar-refractivity contribution in [1.29, 1.82) is 0 Å². The van der Waals surface area contributed by atoms with E-state index in [0.29, 0.717) is 11.9 Å². The molecule has 1 saturated heterocycles. The molecule has 1 aliphatic rings. The highest BCUT2D eigenvalue weighted by Crippen LogP contribution is 2.18. The number of hydrogen-bond acceptors (Lipinski definition) is 5. The van der Waals surface area contributed by atoms with E-state index in [2.05, 4.69) is 20.4 Å². The van der Waals surface area contributed by atoms with Crippen LogP contribution in [-0.4, -0.2) is 41.2 Å². The van der Waals surface area contributed by atoms with E-state index < -0.39 is 0 Å². The van der Waals surface area contributed by atoms with Gasteiger partial charge in [-0.1, -0.05) is 23.4 Å². The van der Waals surface area contributed by atoms with E-state index >= 15 is 0 Å². The summed E-state index contributed by atoms with van der Waals surface area (Å²) in [5, 5.41) is 7.42. The zero-order chi connectivity index (χ0) is 13.8. The van der Waals surface area contributed by atoms with Crippen LogP contribution >= 0.6 is 0 Å². The van der Waals surface area contributed by atoms with Crippen molar-refractivity contribution in [1.82, 2.24) is 20.4 Å². The van der Waals surface area contributed by atoms with E-state index in [0.717, 1.165) is 31.0 Å². The third-order valence-corrected chi connectivity index (χ3v) is 3.85. The Morgan fingerprint density at radius 1 is 1.25 bits per heavy atom. The predicted molar refractivity (Wildman–Crippen MR) is 77.1 cm³/mol. The lowest BCUT2D eigenvalue weighted by molar-refractivity contribution is 0.188. The molecule has 0 spiro atoms. The lowest BCUT2D eigenvalue weighted by atomic mass is 10.1. The summed E-state index contributed by atoms with van der Waals surface area (Å²) in [6.45, 7) is 2.94. The molecule has 5 heteroatoms. The van der Waals surface area contributed by atoms with Crippen molar-refractivity contribution in [2.45, 2.75) is 25.4 Å². The van der Waals surface area contributed by atoms with Crippen LogP contribution in [0.25, 0.3) is 11.5 Å². The van der Waals surface area contributed by atoms with Gasteiger partial charge in [-0.15, -0.1) is 0 Å². The molecule has 106 valence electrons. The van der Waals surface area contributed by atoms with Crippen LogP contribution in [0.5, 0.6) is 0 Å². The largest absolute Gasteiger partial charge is 0.334 e. The zero-order valence-corrected chi connectivity index (χ0v) is 11.7. The first-order valence-electron chi connectivity index (χ1n) is 7.13. The van der Waals surface area contributed by atoms with Crippen molar-refractivity contribution in [3.8, 4) is 11.5 Å². The quantitative estimate of drug-likeness (QED) is 0.921. The first-order chi connectivity index (χ1) is 9.85. The molecule has 1 aromatic heterocycles. The fourth-order valence-electron chi connectivity index (χ4n) is 2.60. The topological polar surface area (TPSA) is 54.2 Å². The summed E-state index contributed by atoms with van der Waals surface area (Å²) < 4.78 is 5.33. The zero-order valence-electron chi connectivity index (χ0n) is 11.7. The summed E-state index contributed by atoms with van der Waals surface area (Å²) in [4.78, 5) is 6.86. The Morgan fingerprint density at radius 3 is 2.70 bits per heavy atom. The molecule has 0 atom stereocenters. The maximum absolute atomic E-state index is 5.33. The summed E-state index contributed by atoms with van der Waals surface area (Å²) in [6, 6.07) is 10.5. The lowest BCUT2D eigenvalue weighted by Gasteiger charge is -2.30. The maximum Gasteiger partial charge on any atom is 0.257 e. The predicted octanol–water partition coefficient (Wildman–Crippen LogP) is 1.92. The van der Waals surface area contributed by atoms with Crippen LogP contribution in [0.3, 0.4) is 0 Å². The van der Waals surface area contributed by atoms with Gasteiger partial charge in [-0.05, 0) is 32.0 Å². The Labute approximate surface area is 119 Å². The molecule has 0 radical (unpaired) electrons. The van der Waals surface area contributed by atoms with Crippen molar-refractivity contribution in [2.24, 2.45) is 0 Å². The Bertz CT molecular complexity index is 532. The number of piperidine rings is 1. The molecule has 5 nitrogen and oxygen atoms in total. The first kappa shape index (κ1) is 13.3. The standard InChI is InChI=1S/C15H20N4O/c1-16-13-7-9-19(10-8-13)11-14-17-15(20-18-14)12-5-3-2-4-6-12/h2-6,13,16H,7-11H2,1H3. The van der Waals surface area contributed by atoms with Crippen LogP contribution in [-0.2, 0) is 6.54 Å². The minimum atomic E-state index is 0.603. The van der Waals surface area contributed by atoms with Crippen LogP contribution in [0.2, 0.25) is 0 Å². The summed E-state index contributed by atoms with van der Waals surface area (Å²) >= 11 is 0. The fourth-order valence-corrected chi connectivity index (χ4v) is 2.60. The molecular formula is C15H20N4O. The van der Waals surface area contributed by atoms with Gasteiger partial charge in [0.1, 0.15) is 0 Å². The van der Waals surface area contributed by atoms with Crippen LogP contribution in [0, 0.1) is 0 Å². The van der Waals surface area contributed by atoms with Crippen molar-refractivity contribution >= 4 is 0 Å². The number of aromatic nitrogens is 2. The van der Waals surface area contributed by atoms with E-state index in [1.54, 1.807) is 0 Å². The van der Waals surface area contributed by atoms with Crippen molar-refractivity contribution in [2.75, 3.05) is 20.1 Å². The highest BCUT2D eigenvalue weighted by Gasteiger charge is 2.19. The second kappa shape index (κ2) is 6.15. The monoisotopic (exact) mass is 272 g/mol. The Morgan fingerprint density at radius 2 is 2.00 bits per heavy atom. The normalized spacial score (nSPS) is 17.4. The second-order valence-corrected chi connectivity index (χ2v) is 5.22.